The second-order valence-corrected chi connectivity index (χ2v) is 6.38. The van der Waals surface area contributed by atoms with Crippen LogP contribution in [0, 0.1) is 0 Å². The van der Waals surface area contributed by atoms with Gasteiger partial charge < -0.3 is 9.64 Å². The minimum atomic E-state index is 0.187. The fourth-order valence-electron chi connectivity index (χ4n) is 2.27. The van der Waals surface area contributed by atoms with Gasteiger partial charge in [0, 0.05) is 36.6 Å². The maximum atomic E-state index is 12.4. The number of methoxy groups -OCH3 is 1. The first-order valence-corrected chi connectivity index (χ1v) is 8.30. The van der Waals surface area contributed by atoms with Crippen LogP contribution < -0.4 is 4.90 Å². The van der Waals surface area contributed by atoms with Gasteiger partial charge in [-0.25, -0.2) is 0 Å². The molecular formula is C15H20ClNO2S. The lowest BCUT2D eigenvalue weighted by Gasteiger charge is -2.22. The molecule has 110 valence electrons. The summed E-state index contributed by atoms with van der Waals surface area (Å²) < 4.78 is 5.02. The number of hydrogen-bond acceptors (Lipinski definition) is 3. The van der Waals surface area contributed by atoms with Gasteiger partial charge in [0.2, 0.25) is 5.91 Å². The molecule has 0 atom stereocenters. The highest BCUT2D eigenvalue weighted by Crippen LogP contribution is 2.36. The minimum absolute atomic E-state index is 0.187. The molecule has 0 saturated heterocycles. The number of benzene rings is 1. The molecule has 1 heterocycles. The average Bonchev–Trinajstić information content (AvgIpc) is 2.65. The largest absolute Gasteiger partial charge is 0.385 e. The molecular weight excluding hydrogens is 294 g/mol. The number of anilines is 1. The number of carbonyl (C=O) groups is 1. The maximum absolute atomic E-state index is 12.4. The number of nitrogens with zero attached hydrogens (tertiary/aromatic N) is 1. The number of thioether (sulfide) groups is 1. The van der Waals surface area contributed by atoms with Crippen LogP contribution in [-0.2, 0) is 9.53 Å². The molecule has 0 radical (unpaired) electrons. The Morgan fingerprint density at radius 2 is 2.30 bits per heavy atom. The lowest BCUT2D eigenvalue weighted by atomic mass is 10.2. The van der Waals surface area contributed by atoms with Crippen LogP contribution in [0.15, 0.2) is 23.1 Å². The van der Waals surface area contributed by atoms with Crippen molar-refractivity contribution in [3.8, 4) is 0 Å². The summed E-state index contributed by atoms with van der Waals surface area (Å²) >= 11 is 7.88. The molecule has 0 aliphatic carbocycles. The molecule has 1 aliphatic rings. The molecule has 1 aliphatic heterocycles. The van der Waals surface area contributed by atoms with Crippen LogP contribution in [-0.4, -0.2) is 31.9 Å². The molecule has 5 heteroatoms. The first kappa shape index (κ1) is 15.7. The summed E-state index contributed by atoms with van der Waals surface area (Å²) in [5, 5.41) is 0.684. The van der Waals surface area contributed by atoms with Gasteiger partial charge >= 0.3 is 0 Å². The van der Waals surface area contributed by atoms with Gasteiger partial charge in [-0.1, -0.05) is 11.6 Å². The van der Waals surface area contributed by atoms with Gasteiger partial charge in [0.25, 0.3) is 0 Å². The SMILES string of the molecule is COCCCCC(=O)N1CCCSc2ccc(Cl)cc21. The zero-order valence-corrected chi connectivity index (χ0v) is 13.3. The zero-order valence-electron chi connectivity index (χ0n) is 11.7. The number of rotatable bonds is 5. The van der Waals surface area contributed by atoms with E-state index >= 15 is 0 Å². The molecule has 0 unspecified atom stereocenters. The number of ether oxygens (including phenoxy) is 1. The Bertz CT molecular complexity index is 467. The van der Waals surface area contributed by atoms with Gasteiger partial charge in [0.15, 0.2) is 0 Å². The normalized spacial score (nSPS) is 14.8. The van der Waals surface area contributed by atoms with E-state index in [4.69, 9.17) is 16.3 Å². The van der Waals surface area contributed by atoms with Crippen molar-refractivity contribution in [2.75, 3.05) is 30.9 Å². The highest BCUT2D eigenvalue weighted by Gasteiger charge is 2.21. The summed E-state index contributed by atoms with van der Waals surface area (Å²) in [5.41, 5.74) is 0.969. The Balaban J connectivity index is 2.07. The van der Waals surface area contributed by atoms with E-state index in [1.807, 2.05) is 23.1 Å². The molecule has 0 spiro atoms. The van der Waals surface area contributed by atoms with Gasteiger partial charge in [-0.05, 0) is 43.2 Å². The monoisotopic (exact) mass is 313 g/mol. The predicted molar refractivity (Wildman–Crippen MR) is 84.9 cm³/mol. The molecule has 0 N–H and O–H groups in total. The molecule has 1 aromatic carbocycles. The Kier molecular flexibility index (Phi) is 6.20. The van der Waals surface area contributed by atoms with E-state index in [1.165, 1.54) is 0 Å². The third-order valence-corrected chi connectivity index (χ3v) is 4.67. The van der Waals surface area contributed by atoms with Crippen molar-refractivity contribution in [2.24, 2.45) is 0 Å². The summed E-state index contributed by atoms with van der Waals surface area (Å²) in [6.07, 6.45) is 3.38. The fraction of sp³-hybridized carbons (Fsp3) is 0.533. The second kappa shape index (κ2) is 7.91. The van der Waals surface area contributed by atoms with Crippen LogP contribution in [0.5, 0.6) is 0 Å². The Morgan fingerprint density at radius 1 is 1.45 bits per heavy atom. The zero-order chi connectivity index (χ0) is 14.4. The van der Waals surface area contributed by atoms with Crippen molar-refractivity contribution < 1.29 is 9.53 Å². The second-order valence-electron chi connectivity index (χ2n) is 4.81. The number of amides is 1. The molecule has 0 bridgehead atoms. The van der Waals surface area contributed by atoms with Crippen molar-refractivity contribution in [3.63, 3.8) is 0 Å². The molecule has 0 saturated carbocycles. The van der Waals surface area contributed by atoms with E-state index in [-0.39, 0.29) is 5.91 Å². The summed E-state index contributed by atoms with van der Waals surface area (Å²) in [6.45, 7) is 1.50. The Labute approximate surface area is 129 Å². The molecule has 1 amide bonds. The quantitative estimate of drug-likeness (QED) is 0.770. The smallest absolute Gasteiger partial charge is 0.227 e. The average molecular weight is 314 g/mol. The molecule has 1 aromatic rings. The number of fused-ring (bicyclic) bond motifs is 1. The standard InChI is InChI=1S/C15H20ClNO2S/c1-19-9-3-2-5-15(18)17-8-4-10-20-14-7-6-12(16)11-13(14)17/h6-7,11H,2-5,8-10H2,1H3. The van der Waals surface area contributed by atoms with Crippen molar-refractivity contribution >= 4 is 35.0 Å². The van der Waals surface area contributed by atoms with E-state index in [2.05, 4.69) is 0 Å². The van der Waals surface area contributed by atoms with Crippen molar-refractivity contribution in [1.82, 2.24) is 0 Å². The first-order chi connectivity index (χ1) is 9.72. The van der Waals surface area contributed by atoms with Crippen molar-refractivity contribution in [2.45, 2.75) is 30.6 Å². The third-order valence-electron chi connectivity index (χ3n) is 3.29. The van der Waals surface area contributed by atoms with Gasteiger partial charge in [0.1, 0.15) is 0 Å². The van der Waals surface area contributed by atoms with Gasteiger partial charge in [0.05, 0.1) is 5.69 Å². The fourth-order valence-corrected chi connectivity index (χ4v) is 3.41. The predicted octanol–water partition coefficient (Wildman–Crippen LogP) is 3.99. The molecule has 0 aromatic heterocycles. The summed E-state index contributed by atoms with van der Waals surface area (Å²) in [4.78, 5) is 15.5. The number of unbranched alkanes of at least 4 members (excludes halogenated alkanes) is 1. The maximum Gasteiger partial charge on any atom is 0.227 e. The van der Waals surface area contributed by atoms with Crippen molar-refractivity contribution in [3.05, 3.63) is 23.2 Å². The van der Waals surface area contributed by atoms with E-state index in [9.17, 15) is 4.79 Å². The van der Waals surface area contributed by atoms with Gasteiger partial charge in [-0.3, -0.25) is 4.79 Å². The van der Waals surface area contributed by atoms with Crippen LogP contribution in [0.3, 0.4) is 0 Å². The van der Waals surface area contributed by atoms with Crippen LogP contribution in [0.2, 0.25) is 5.02 Å². The van der Waals surface area contributed by atoms with E-state index in [1.54, 1.807) is 18.9 Å². The first-order valence-electron chi connectivity index (χ1n) is 6.94. The van der Waals surface area contributed by atoms with Gasteiger partial charge in [-0.2, -0.15) is 0 Å². The summed E-state index contributed by atoms with van der Waals surface area (Å²) in [6, 6.07) is 5.81. The lowest BCUT2D eigenvalue weighted by Crippen LogP contribution is -2.31. The number of carbonyl (C=O) groups excluding carboxylic acids is 1. The molecule has 2 rings (SSSR count). The van der Waals surface area contributed by atoms with Crippen LogP contribution in [0.1, 0.15) is 25.7 Å². The third kappa shape index (κ3) is 4.14. The molecule has 0 fully saturated rings. The van der Waals surface area contributed by atoms with Crippen molar-refractivity contribution in [1.29, 1.82) is 0 Å². The summed E-state index contributed by atoms with van der Waals surface area (Å²) in [7, 11) is 1.69. The minimum Gasteiger partial charge on any atom is -0.385 e. The highest BCUT2D eigenvalue weighted by atomic mass is 35.5. The van der Waals surface area contributed by atoms with Crippen LogP contribution in [0.4, 0.5) is 5.69 Å². The number of halogens is 1. The van der Waals surface area contributed by atoms with Gasteiger partial charge in [-0.15, -0.1) is 11.8 Å². The van der Waals surface area contributed by atoms with E-state index in [0.717, 1.165) is 42.1 Å². The van der Waals surface area contributed by atoms with Crippen LogP contribution >= 0.6 is 23.4 Å². The topological polar surface area (TPSA) is 29.5 Å². The number of hydrogen-bond donors (Lipinski definition) is 0. The van der Waals surface area contributed by atoms with E-state index in [0.29, 0.717) is 18.1 Å². The Morgan fingerprint density at radius 3 is 3.10 bits per heavy atom. The highest BCUT2D eigenvalue weighted by molar-refractivity contribution is 7.99. The molecule has 3 nitrogen and oxygen atoms in total. The molecule has 20 heavy (non-hydrogen) atoms. The Hall–Kier alpha value is -0.710. The summed E-state index contributed by atoms with van der Waals surface area (Å²) in [5.74, 6) is 1.23. The van der Waals surface area contributed by atoms with Crippen LogP contribution in [0.25, 0.3) is 0 Å². The van der Waals surface area contributed by atoms with E-state index < -0.39 is 0 Å². The lowest BCUT2D eigenvalue weighted by molar-refractivity contribution is -0.118.